The van der Waals surface area contributed by atoms with Crippen LogP contribution in [0, 0.1) is 17.0 Å². The number of fused-ring (bicyclic) bond motifs is 1. The Hall–Kier alpha value is -3.96. The number of benzene rings is 3. The number of ether oxygens (including phenoxy) is 2. The van der Waals surface area contributed by atoms with Crippen LogP contribution in [0.25, 0.3) is 0 Å². The summed E-state index contributed by atoms with van der Waals surface area (Å²) in [6.45, 7) is 2.37. The van der Waals surface area contributed by atoms with Crippen LogP contribution in [0.15, 0.2) is 59.5 Å². The Bertz CT molecular complexity index is 1440. The van der Waals surface area contributed by atoms with Crippen LogP contribution in [-0.2, 0) is 23.0 Å². The molecule has 1 N–H and O–H groups in total. The Labute approximate surface area is 208 Å². The molecule has 188 valence electrons. The minimum absolute atomic E-state index is 0.129. The Kier molecular flexibility index (Phi) is 6.95. The van der Waals surface area contributed by atoms with Gasteiger partial charge >= 0.3 is 0 Å². The van der Waals surface area contributed by atoms with Crippen molar-refractivity contribution in [2.75, 3.05) is 26.1 Å². The molecular formula is C25H25N3O7S. The first-order valence-corrected chi connectivity index (χ1v) is 12.5. The number of rotatable bonds is 7. The zero-order valence-corrected chi connectivity index (χ0v) is 20.8. The second-order valence-corrected chi connectivity index (χ2v) is 10.3. The molecule has 0 atom stereocenters. The first kappa shape index (κ1) is 25.1. The predicted octanol–water partition coefficient (Wildman–Crippen LogP) is 3.92. The molecule has 36 heavy (non-hydrogen) atoms. The molecule has 1 heterocycles. The van der Waals surface area contributed by atoms with Crippen molar-refractivity contribution in [2.45, 2.75) is 24.8 Å². The highest BCUT2D eigenvalue weighted by atomic mass is 32.2. The molecule has 3 aromatic rings. The van der Waals surface area contributed by atoms with Gasteiger partial charge in [0.15, 0.2) is 11.5 Å². The summed E-state index contributed by atoms with van der Waals surface area (Å²) in [4.78, 5) is 24.1. The Morgan fingerprint density at radius 3 is 2.31 bits per heavy atom. The van der Waals surface area contributed by atoms with E-state index in [0.29, 0.717) is 18.7 Å². The predicted molar refractivity (Wildman–Crippen MR) is 133 cm³/mol. The summed E-state index contributed by atoms with van der Waals surface area (Å²) in [7, 11) is -0.974. The lowest BCUT2D eigenvalue weighted by molar-refractivity contribution is -0.385. The topological polar surface area (TPSA) is 128 Å². The molecule has 1 aliphatic rings. The number of sulfonamides is 1. The van der Waals surface area contributed by atoms with Crippen LogP contribution >= 0.6 is 0 Å². The normalized spacial score (nSPS) is 13.5. The van der Waals surface area contributed by atoms with Gasteiger partial charge in [-0.05, 0) is 48.7 Å². The second-order valence-electron chi connectivity index (χ2n) is 8.32. The minimum atomic E-state index is -3.68. The van der Waals surface area contributed by atoms with Crippen molar-refractivity contribution in [1.82, 2.24) is 4.31 Å². The van der Waals surface area contributed by atoms with E-state index in [0.717, 1.165) is 22.8 Å². The molecule has 0 fully saturated rings. The number of nitro benzene ring substituents is 1. The number of hydrogen-bond acceptors (Lipinski definition) is 7. The second kappa shape index (κ2) is 9.96. The third-order valence-corrected chi connectivity index (χ3v) is 7.90. The van der Waals surface area contributed by atoms with Gasteiger partial charge in [-0.25, -0.2) is 8.42 Å². The Morgan fingerprint density at radius 1 is 1.00 bits per heavy atom. The van der Waals surface area contributed by atoms with E-state index in [1.54, 1.807) is 36.4 Å². The van der Waals surface area contributed by atoms with Crippen LogP contribution in [0.1, 0.15) is 27.0 Å². The van der Waals surface area contributed by atoms with E-state index < -0.39 is 26.5 Å². The third-order valence-electron chi connectivity index (χ3n) is 6.04. The maximum atomic E-state index is 13.1. The van der Waals surface area contributed by atoms with E-state index in [1.165, 1.54) is 24.6 Å². The third kappa shape index (κ3) is 4.88. The highest BCUT2D eigenvalue weighted by molar-refractivity contribution is 7.89. The fraction of sp³-hybridized carbons (Fsp3) is 0.240. The maximum absolute atomic E-state index is 13.1. The van der Waals surface area contributed by atoms with Crippen molar-refractivity contribution < 1.29 is 27.6 Å². The van der Waals surface area contributed by atoms with Crippen molar-refractivity contribution >= 4 is 27.3 Å². The number of nitrogens with one attached hydrogen (secondary N) is 1. The molecule has 1 amide bonds. The summed E-state index contributed by atoms with van der Waals surface area (Å²) in [5.41, 5.74) is 2.44. The van der Waals surface area contributed by atoms with Gasteiger partial charge in [-0.1, -0.05) is 23.8 Å². The first-order valence-electron chi connectivity index (χ1n) is 11.0. The molecule has 10 nitrogen and oxygen atoms in total. The van der Waals surface area contributed by atoms with Gasteiger partial charge in [-0.3, -0.25) is 14.9 Å². The summed E-state index contributed by atoms with van der Waals surface area (Å²) in [6.07, 6.45) is 0.524. The monoisotopic (exact) mass is 511 g/mol. The maximum Gasteiger partial charge on any atom is 0.286 e. The van der Waals surface area contributed by atoms with Crippen molar-refractivity contribution in [1.29, 1.82) is 0 Å². The summed E-state index contributed by atoms with van der Waals surface area (Å²) in [6, 6.07) is 14.3. The molecule has 11 heteroatoms. The Balaban J connectivity index is 1.59. The summed E-state index contributed by atoms with van der Waals surface area (Å²) < 4.78 is 38.0. The van der Waals surface area contributed by atoms with Crippen molar-refractivity contribution in [3.05, 3.63) is 87.0 Å². The first-order chi connectivity index (χ1) is 17.1. The molecule has 0 aromatic heterocycles. The molecule has 0 bridgehead atoms. The Morgan fingerprint density at radius 2 is 1.67 bits per heavy atom. The number of anilines is 1. The number of amides is 1. The van der Waals surface area contributed by atoms with Gasteiger partial charge < -0.3 is 14.8 Å². The van der Waals surface area contributed by atoms with Gasteiger partial charge in [0.1, 0.15) is 5.56 Å². The van der Waals surface area contributed by atoms with Gasteiger partial charge in [0, 0.05) is 24.8 Å². The molecule has 3 aromatic carbocycles. The van der Waals surface area contributed by atoms with Crippen LogP contribution in [-0.4, -0.2) is 44.3 Å². The lowest BCUT2D eigenvalue weighted by atomic mass is 10.0. The molecule has 1 aliphatic heterocycles. The summed E-state index contributed by atoms with van der Waals surface area (Å²) >= 11 is 0. The lowest BCUT2D eigenvalue weighted by Gasteiger charge is -2.28. The summed E-state index contributed by atoms with van der Waals surface area (Å²) in [5, 5.41) is 14.2. The molecule has 0 saturated carbocycles. The van der Waals surface area contributed by atoms with Gasteiger partial charge in [-0.15, -0.1) is 0 Å². The zero-order valence-electron chi connectivity index (χ0n) is 20.0. The van der Waals surface area contributed by atoms with Gasteiger partial charge in [-0.2, -0.15) is 4.31 Å². The lowest BCUT2D eigenvalue weighted by Crippen LogP contribution is -2.36. The van der Waals surface area contributed by atoms with E-state index in [2.05, 4.69) is 5.32 Å². The number of nitro groups is 1. The number of aryl methyl sites for hydroxylation is 1. The van der Waals surface area contributed by atoms with E-state index in [1.807, 2.05) is 13.0 Å². The van der Waals surface area contributed by atoms with Gasteiger partial charge in [0.25, 0.3) is 11.6 Å². The summed E-state index contributed by atoms with van der Waals surface area (Å²) in [5.74, 6) is -0.400. The van der Waals surface area contributed by atoms with Crippen LogP contribution in [0.2, 0.25) is 0 Å². The highest BCUT2D eigenvalue weighted by Crippen LogP contribution is 2.35. The van der Waals surface area contributed by atoms with Crippen LogP contribution in [0.4, 0.5) is 11.4 Å². The smallest absolute Gasteiger partial charge is 0.286 e. The molecular weight excluding hydrogens is 486 g/mol. The number of hydrogen-bond donors (Lipinski definition) is 1. The minimum Gasteiger partial charge on any atom is -0.493 e. The van der Waals surface area contributed by atoms with Crippen LogP contribution in [0.5, 0.6) is 11.5 Å². The number of carbonyl (C=O) groups excluding carboxylic acids is 1. The largest absolute Gasteiger partial charge is 0.493 e. The molecule has 4 rings (SSSR count). The fourth-order valence-corrected chi connectivity index (χ4v) is 5.49. The number of methoxy groups -OCH3 is 2. The van der Waals surface area contributed by atoms with Crippen molar-refractivity contribution in [3.63, 3.8) is 0 Å². The van der Waals surface area contributed by atoms with E-state index in [9.17, 15) is 23.3 Å². The molecule has 0 saturated heterocycles. The molecule has 0 unspecified atom stereocenters. The van der Waals surface area contributed by atoms with Crippen LogP contribution in [0.3, 0.4) is 0 Å². The molecule has 0 aliphatic carbocycles. The van der Waals surface area contributed by atoms with E-state index >= 15 is 0 Å². The van der Waals surface area contributed by atoms with Gasteiger partial charge in [0.05, 0.1) is 30.1 Å². The zero-order chi connectivity index (χ0) is 26.0. The quantitative estimate of drug-likeness (QED) is 0.376. The SMILES string of the molecule is COc1cc(C(=O)Nc2ccc3c(c2)CN(S(=O)(=O)c2ccc(C)cc2)CC3)c([N+](=O)[O-])cc1OC. The highest BCUT2D eigenvalue weighted by Gasteiger charge is 2.29. The molecule has 0 spiro atoms. The number of nitrogens with zero attached hydrogens (tertiary/aromatic N) is 2. The standard InChI is InChI=1S/C25H25N3O7S/c1-16-4-8-20(9-5-16)36(32,33)27-11-10-17-6-7-19(12-18(17)15-27)26-25(29)21-13-23(34-2)24(35-3)14-22(21)28(30)31/h4-9,12-14H,10-11,15H2,1-3H3,(H,26,29). The fourth-order valence-electron chi connectivity index (χ4n) is 4.07. The van der Waals surface area contributed by atoms with Crippen molar-refractivity contribution in [3.8, 4) is 11.5 Å². The van der Waals surface area contributed by atoms with Crippen LogP contribution < -0.4 is 14.8 Å². The average Bonchev–Trinajstić information content (AvgIpc) is 2.87. The molecule has 0 radical (unpaired) electrons. The van der Waals surface area contributed by atoms with E-state index in [4.69, 9.17) is 9.47 Å². The van der Waals surface area contributed by atoms with E-state index in [-0.39, 0.29) is 28.5 Å². The number of carbonyl (C=O) groups is 1. The van der Waals surface area contributed by atoms with Crippen molar-refractivity contribution in [2.24, 2.45) is 0 Å². The average molecular weight is 512 g/mol. The van der Waals surface area contributed by atoms with Gasteiger partial charge in [0.2, 0.25) is 10.0 Å².